The van der Waals surface area contributed by atoms with Crippen LogP contribution in [0.25, 0.3) is 0 Å². The Bertz CT molecular complexity index is 477. The number of aliphatic carboxylic acids is 1. The molecule has 1 aromatic rings. The van der Waals surface area contributed by atoms with E-state index in [4.69, 9.17) is 5.11 Å². The third-order valence-electron chi connectivity index (χ3n) is 5.00. The van der Waals surface area contributed by atoms with Gasteiger partial charge in [0.05, 0.1) is 0 Å². The highest BCUT2D eigenvalue weighted by molar-refractivity contribution is 5.67. The summed E-state index contributed by atoms with van der Waals surface area (Å²) in [4.78, 5) is 10.7. The molecule has 0 aromatic heterocycles. The van der Waals surface area contributed by atoms with Gasteiger partial charge in [-0.25, -0.2) is 0 Å². The van der Waals surface area contributed by atoms with Crippen LogP contribution < -0.4 is 0 Å². The lowest BCUT2D eigenvalue weighted by molar-refractivity contribution is -0.136. The van der Waals surface area contributed by atoms with Crippen LogP contribution in [0.3, 0.4) is 0 Å². The zero-order valence-corrected chi connectivity index (χ0v) is 13.6. The molecule has 0 bridgehead atoms. The minimum Gasteiger partial charge on any atom is -0.481 e. The molecule has 0 amide bonds. The van der Waals surface area contributed by atoms with E-state index in [1.807, 2.05) is 6.07 Å². The van der Waals surface area contributed by atoms with Crippen molar-refractivity contribution in [2.75, 3.05) is 0 Å². The molecule has 0 unspecified atom stereocenters. The van der Waals surface area contributed by atoms with Crippen molar-refractivity contribution in [2.24, 2.45) is 11.3 Å². The van der Waals surface area contributed by atoms with Gasteiger partial charge in [0.25, 0.3) is 0 Å². The van der Waals surface area contributed by atoms with Gasteiger partial charge in [-0.1, -0.05) is 45.0 Å². The Kier molecular flexibility index (Phi) is 5.08. The molecule has 0 heterocycles. The monoisotopic (exact) mass is 288 g/mol. The molecule has 0 atom stereocenters. The first-order valence-electron chi connectivity index (χ1n) is 8.17. The van der Waals surface area contributed by atoms with E-state index in [1.165, 1.54) is 31.2 Å². The Balaban J connectivity index is 1.97. The summed E-state index contributed by atoms with van der Waals surface area (Å²) in [5, 5.41) is 8.80. The summed E-state index contributed by atoms with van der Waals surface area (Å²) < 4.78 is 0. The highest BCUT2D eigenvalue weighted by Gasteiger charge is 2.30. The van der Waals surface area contributed by atoms with Gasteiger partial charge in [-0.05, 0) is 60.5 Å². The lowest BCUT2D eigenvalue weighted by Crippen LogP contribution is -2.25. The fourth-order valence-electron chi connectivity index (χ4n) is 3.55. The Morgan fingerprint density at radius 3 is 2.43 bits per heavy atom. The predicted octanol–water partition coefficient (Wildman–Crippen LogP) is 5.02. The zero-order valence-electron chi connectivity index (χ0n) is 13.6. The van der Waals surface area contributed by atoms with Crippen LogP contribution in [0.2, 0.25) is 0 Å². The number of carboxylic acid groups (broad SMARTS) is 1. The summed E-state index contributed by atoms with van der Waals surface area (Å²) in [5.41, 5.74) is 2.99. The van der Waals surface area contributed by atoms with Crippen LogP contribution >= 0.6 is 0 Å². The smallest absolute Gasteiger partial charge is 0.303 e. The molecular formula is C19H28O2. The fraction of sp³-hybridized carbons (Fsp3) is 0.632. The van der Waals surface area contributed by atoms with Crippen molar-refractivity contribution in [3.05, 3.63) is 35.4 Å². The van der Waals surface area contributed by atoms with Crippen molar-refractivity contribution >= 4 is 5.97 Å². The van der Waals surface area contributed by atoms with Crippen LogP contribution in [-0.2, 0) is 11.2 Å². The normalized spacial score (nSPS) is 23.0. The zero-order chi connectivity index (χ0) is 15.5. The largest absolute Gasteiger partial charge is 0.481 e. The maximum Gasteiger partial charge on any atom is 0.303 e. The minimum atomic E-state index is -0.717. The minimum absolute atomic E-state index is 0.222. The van der Waals surface area contributed by atoms with Crippen LogP contribution in [0.4, 0.5) is 0 Å². The van der Waals surface area contributed by atoms with E-state index in [2.05, 4.69) is 39.0 Å². The Hall–Kier alpha value is -1.31. The molecule has 1 N–H and O–H groups in total. The van der Waals surface area contributed by atoms with E-state index >= 15 is 0 Å². The van der Waals surface area contributed by atoms with Crippen molar-refractivity contribution in [3.63, 3.8) is 0 Å². The van der Waals surface area contributed by atoms with Crippen molar-refractivity contribution in [1.82, 2.24) is 0 Å². The van der Waals surface area contributed by atoms with E-state index in [9.17, 15) is 4.79 Å². The van der Waals surface area contributed by atoms with Crippen molar-refractivity contribution < 1.29 is 9.90 Å². The van der Waals surface area contributed by atoms with E-state index in [0.717, 1.165) is 11.5 Å². The van der Waals surface area contributed by atoms with Crippen LogP contribution in [0.5, 0.6) is 0 Å². The molecular weight excluding hydrogens is 260 g/mol. The number of hydrogen-bond donors (Lipinski definition) is 1. The van der Waals surface area contributed by atoms with Crippen LogP contribution in [-0.4, -0.2) is 11.1 Å². The summed E-state index contributed by atoms with van der Waals surface area (Å²) in [6.07, 6.45) is 6.02. The number of hydrogen-bond acceptors (Lipinski definition) is 1. The van der Waals surface area contributed by atoms with Gasteiger partial charge >= 0.3 is 5.97 Å². The van der Waals surface area contributed by atoms with Crippen LogP contribution in [0.15, 0.2) is 24.3 Å². The van der Waals surface area contributed by atoms with E-state index in [1.54, 1.807) is 0 Å². The molecule has 2 heteroatoms. The van der Waals surface area contributed by atoms with E-state index in [-0.39, 0.29) is 6.42 Å². The van der Waals surface area contributed by atoms with Crippen LogP contribution in [0.1, 0.15) is 69.9 Å². The van der Waals surface area contributed by atoms with E-state index in [0.29, 0.717) is 17.8 Å². The van der Waals surface area contributed by atoms with Gasteiger partial charge in [0.2, 0.25) is 0 Å². The van der Waals surface area contributed by atoms with Gasteiger partial charge in [-0.15, -0.1) is 0 Å². The first-order chi connectivity index (χ1) is 9.86. The molecule has 0 radical (unpaired) electrons. The standard InChI is InChI=1S/C19H28O2/c1-19(2,3)17-10-8-15(9-11-17)16-6-4-5-14(13-16)7-12-18(20)21/h4-6,13,15,17H,7-12H2,1-3H3,(H,20,21). The van der Waals surface area contributed by atoms with Gasteiger partial charge in [0.15, 0.2) is 0 Å². The summed E-state index contributed by atoms with van der Waals surface area (Å²) >= 11 is 0. The molecule has 0 saturated heterocycles. The molecule has 0 spiro atoms. The second kappa shape index (κ2) is 6.64. The topological polar surface area (TPSA) is 37.3 Å². The maximum atomic E-state index is 10.7. The highest BCUT2D eigenvalue weighted by atomic mass is 16.4. The Morgan fingerprint density at radius 1 is 1.19 bits per heavy atom. The van der Waals surface area contributed by atoms with Crippen molar-refractivity contribution in [2.45, 2.75) is 65.2 Å². The average Bonchev–Trinajstić information content (AvgIpc) is 2.45. The van der Waals surface area contributed by atoms with Crippen molar-refractivity contribution in [1.29, 1.82) is 0 Å². The van der Waals surface area contributed by atoms with Crippen molar-refractivity contribution in [3.8, 4) is 0 Å². The third-order valence-corrected chi connectivity index (χ3v) is 5.00. The number of benzene rings is 1. The third kappa shape index (κ3) is 4.59. The molecule has 1 aliphatic carbocycles. The van der Waals surface area contributed by atoms with Gasteiger partial charge in [0.1, 0.15) is 0 Å². The SMILES string of the molecule is CC(C)(C)C1CCC(c2cccc(CCC(=O)O)c2)CC1. The van der Waals surface area contributed by atoms with Crippen LogP contribution in [0, 0.1) is 11.3 Å². The molecule has 1 aromatic carbocycles. The summed E-state index contributed by atoms with van der Waals surface area (Å²) in [7, 11) is 0. The van der Waals surface area contributed by atoms with Gasteiger partial charge in [-0.3, -0.25) is 4.79 Å². The molecule has 1 saturated carbocycles. The molecule has 116 valence electrons. The average molecular weight is 288 g/mol. The lowest BCUT2D eigenvalue weighted by Gasteiger charge is -2.37. The first-order valence-corrected chi connectivity index (χ1v) is 8.17. The summed E-state index contributed by atoms with van der Waals surface area (Å²) in [6.45, 7) is 7.06. The lowest BCUT2D eigenvalue weighted by atomic mass is 9.68. The Labute approximate surface area is 128 Å². The Morgan fingerprint density at radius 2 is 1.86 bits per heavy atom. The summed E-state index contributed by atoms with van der Waals surface area (Å²) in [5.74, 6) is 0.781. The number of aryl methyl sites for hydroxylation is 1. The quantitative estimate of drug-likeness (QED) is 0.844. The number of carbonyl (C=O) groups is 1. The molecule has 1 fully saturated rings. The molecule has 1 aliphatic rings. The molecule has 2 nitrogen and oxygen atoms in total. The first kappa shape index (κ1) is 16.1. The van der Waals surface area contributed by atoms with E-state index < -0.39 is 5.97 Å². The predicted molar refractivity (Wildman–Crippen MR) is 86.6 cm³/mol. The fourth-order valence-corrected chi connectivity index (χ4v) is 3.55. The van der Waals surface area contributed by atoms with Gasteiger partial charge in [-0.2, -0.15) is 0 Å². The summed E-state index contributed by atoms with van der Waals surface area (Å²) in [6, 6.07) is 8.58. The highest BCUT2D eigenvalue weighted by Crippen LogP contribution is 2.43. The number of rotatable bonds is 4. The van der Waals surface area contributed by atoms with Gasteiger partial charge in [0, 0.05) is 6.42 Å². The molecule has 2 rings (SSSR count). The molecule has 0 aliphatic heterocycles. The number of carboxylic acids is 1. The maximum absolute atomic E-state index is 10.7. The second-order valence-electron chi connectivity index (χ2n) is 7.55. The van der Waals surface area contributed by atoms with Gasteiger partial charge < -0.3 is 5.11 Å². The molecule has 21 heavy (non-hydrogen) atoms. The second-order valence-corrected chi connectivity index (χ2v) is 7.55.